The van der Waals surface area contributed by atoms with Crippen molar-refractivity contribution in [3.63, 3.8) is 0 Å². The van der Waals surface area contributed by atoms with E-state index < -0.39 is 0 Å². The van der Waals surface area contributed by atoms with Crippen LogP contribution < -0.4 is 5.32 Å². The third-order valence-electron chi connectivity index (χ3n) is 3.34. The molecule has 3 heteroatoms. The van der Waals surface area contributed by atoms with Gasteiger partial charge in [-0.1, -0.05) is 19.3 Å². The summed E-state index contributed by atoms with van der Waals surface area (Å²) in [6, 6.07) is 1.07. The van der Waals surface area contributed by atoms with Crippen LogP contribution in [-0.2, 0) is 7.05 Å². The molecule has 0 bridgehead atoms. The highest BCUT2D eigenvalue weighted by Gasteiger charge is 2.17. The van der Waals surface area contributed by atoms with Gasteiger partial charge in [0.1, 0.15) is 5.82 Å². The van der Waals surface area contributed by atoms with Gasteiger partial charge in [-0.25, -0.2) is 4.98 Å². The first-order valence-electron chi connectivity index (χ1n) is 6.00. The molecule has 1 fully saturated rings. The second kappa shape index (κ2) is 4.79. The summed E-state index contributed by atoms with van der Waals surface area (Å²) in [5, 5.41) is 3.68. The SMILES string of the molecule is CC(NC1CCCCC1)c1nccn1C. The van der Waals surface area contributed by atoms with E-state index in [1.807, 2.05) is 12.4 Å². The molecular formula is C12H21N3. The lowest BCUT2D eigenvalue weighted by atomic mass is 9.95. The van der Waals surface area contributed by atoms with Gasteiger partial charge in [-0.2, -0.15) is 0 Å². The molecule has 1 aliphatic carbocycles. The number of aromatic nitrogens is 2. The lowest BCUT2D eigenvalue weighted by molar-refractivity contribution is 0.339. The summed E-state index contributed by atoms with van der Waals surface area (Å²) in [5.41, 5.74) is 0. The molecule has 2 rings (SSSR count). The molecule has 3 nitrogen and oxygen atoms in total. The molecule has 0 aromatic carbocycles. The van der Waals surface area contributed by atoms with Gasteiger partial charge in [0.2, 0.25) is 0 Å². The normalized spacial score (nSPS) is 20.4. The van der Waals surface area contributed by atoms with Crippen molar-refractivity contribution in [3.05, 3.63) is 18.2 Å². The summed E-state index contributed by atoms with van der Waals surface area (Å²) in [5.74, 6) is 1.14. The Morgan fingerprint density at radius 1 is 1.40 bits per heavy atom. The van der Waals surface area contributed by atoms with Gasteiger partial charge >= 0.3 is 0 Å². The van der Waals surface area contributed by atoms with Gasteiger partial charge in [-0.05, 0) is 19.8 Å². The highest BCUT2D eigenvalue weighted by atomic mass is 15.1. The Bertz CT molecular complexity index is 300. The van der Waals surface area contributed by atoms with Crippen molar-refractivity contribution >= 4 is 0 Å². The van der Waals surface area contributed by atoms with Crippen LogP contribution >= 0.6 is 0 Å². The fourth-order valence-electron chi connectivity index (χ4n) is 2.49. The zero-order valence-corrected chi connectivity index (χ0v) is 9.74. The monoisotopic (exact) mass is 207 g/mol. The summed E-state index contributed by atoms with van der Waals surface area (Å²) in [7, 11) is 2.06. The lowest BCUT2D eigenvalue weighted by Crippen LogP contribution is -2.34. The molecular weight excluding hydrogens is 186 g/mol. The maximum Gasteiger partial charge on any atom is 0.125 e. The van der Waals surface area contributed by atoms with E-state index in [0.29, 0.717) is 12.1 Å². The van der Waals surface area contributed by atoms with Crippen molar-refractivity contribution in [2.45, 2.75) is 51.1 Å². The van der Waals surface area contributed by atoms with Crippen molar-refractivity contribution in [2.75, 3.05) is 0 Å². The number of rotatable bonds is 3. The predicted molar refractivity (Wildman–Crippen MR) is 61.6 cm³/mol. The summed E-state index contributed by atoms with van der Waals surface area (Å²) in [6.45, 7) is 2.21. The molecule has 1 N–H and O–H groups in total. The average Bonchev–Trinajstić information content (AvgIpc) is 2.66. The fraction of sp³-hybridized carbons (Fsp3) is 0.750. The second-order valence-corrected chi connectivity index (χ2v) is 4.62. The van der Waals surface area contributed by atoms with Crippen LogP contribution in [0.15, 0.2) is 12.4 Å². The molecule has 1 saturated carbocycles. The molecule has 15 heavy (non-hydrogen) atoms. The Morgan fingerprint density at radius 2 is 2.13 bits per heavy atom. The summed E-state index contributed by atoms with van der Waals surface area (Å²) < 4.78 is 2.10. The molecule has 0 aliphatic heterocycles. The van der Waals surface area contributed by atoms with Crippen LogP contribution in [0.4, 0.5) is 0 Å². The molecule has 1 aromatic heterocycles. The van der Waals surface area contributed by atoms with Gasteiger partial charge in [0.05, 0.1) is 6.04 Å². The first-order valence-corrected chi connectivity index (χ1v) is 6.00. The number of imidazole rings is 1. The quantitative estimate of drug-likeness (QED) is 0.825. The smallest absolute Gasteiger partial charge is 0.125 e. The number of nitrogens with one attached hydrogen (secondary N) is 1. The fourth-order valence-corrected chi connectivity index (χ4v) is 2.49. The van der Waals surface area contributed by atoms with E-state index >= 15 is 0 Å². The Labute approximate surface area is 91.9 Å². The standard InChI is InChI=1S/C12H21N3/c1-10(12-13-8-9-15(12)2)14-11-6-4-3-5-7-11/h8-11,14H,3-7H2,1-2H3. The lowest BCUT2D eigenvalue weighted by Gasteiger charge is -2.26. The van der Waals surface area contributed by atoms with Crippen molar-refractivity contribution in [3.8, 4) is 0 Å². The Kier molecular flexibility index (Phi) is 3.41. The van der Waals surface area contributed by atoms with E-state index in [9.17, 15) is 0 Å². The zero-order chi connectivity index (χ0) is 10.7. The van der Waals surface area contributed by atoms with Crippen LogP contribution in [0, 0.1) is 0 Å². The van der Waals surface area contributed by atoms with Gasteiger partial charge in [0.15, 0.2) is 0 Å². The van der Waals surface area contributed by atoms with E-state index in [1.54, 1.807) is 0 Å². The van der Waals surface area contributed by atoms with Gasteiger partial charge in [-0.15, -0.1) is 0 Å². The minimum absolute atomic E-state index is 0.369. The van der Waals surface area contributed by atoms with E-state index in [2.05, 4.69) is 28.8 Å². The molecule has 1 unspecified atom stereocenters. The van der Waals surface area contributed by atoms with E-state index in [-0.39, 0.29) is 0 Å². The molecule has 1 heterocycles. The highest BCUT2D eigenvalue weighted by molar-refractivity contribution is 4.97. The van der Waals surface area contributed by atoms with Crippen LogP contribution in [-0.4, -0.2) is 15.6 Å². The van der Waals surface area contributed by atoms with Crippen LogP contribution in [0.25, 0.3) is 0 Å². The number of aryl methyl sites for hydroxylation is 1. The van der Waals surface area contributed by atoms with Crippen LogP contribution in [0.1, 0.15) is 50.9 Å². The average molecular weight is 207 g/mol. The predicted octanol–water partition coefficient (Wildman–Crippen LogP) is 2.40. The third kappa shape index (κ3) is 2.59. The topological polar surface area (TPSA) is 29.9 Å². The highest BCUT2D eigenvalue weighted by Crippen LogP contribution is 2.20. The summed E-state index contributed by atoms with van der Waals surface area (Å²) in [4.78, 5) is 4.38. The maximum absolute atomic E-state index is 4.38. The summed E-state index contributed by atoms with van der Waals surface area (Å²) in [6.07, 6.45) is 10.7. The van der Waals surface area contributed by atoms with Gasteiger partial charge in [0.25, 0.3) is 0 Å². The zero-order valence-electron chi connectivity index (χ0n) is 9.74. The molecule has 1 aliphatic rings. The van der Waals surface area contributed by atoms with Crippen LogP contribution in [0.2, 0.25) is 0 Å². The van der Waals surface area contributed by atoms with E-state index in [4.69, 9.17) is 0 Å². The minimum atomic E-state index is 0.369. The molecule has 0 amide bonds. The number of nitrogens with zero attached hydrogens (tertiary/aromatic N) is 2. The molecule has 0 saturated heterocycles. The maximum atomic E-state index is 4.38. The van der Waals surface area contributed by atoms with Gasteiger partial charge in [-0.3, -0.25) is 0 Å². The third-order valence-corrected chi connectivity index (χ3v) is 3.34. The Hall–Kier alpha value is -0.830. The van der Waals surface area contributed by atoms with E-state index in [0.717, 1.165) is 5.82 Å². The van der Waals surface area contributed by atoms with Gasteiger partial charge in [0, 0.05) is 25.5 Å². The van der Waals surface area contributed by atoms with Crippen molar-refractivity contribution < 1.29 is 0 Å². The first kappa shape index (κ1) is 10.7. The summed E-state index contributed by atoms with van der Waals surface area (Å²) >= 11 is 0. The molecule has 84 valence electrons. The Morgan fingerprint density at radius 3 is 2.73 bits per heavy atom. The number of hydrogen-bond acceptors (Lipinski definition) is 2. The van der Waals surface area contributed by atoms with Crippen LogP contribution in [0.5, 0.6) is 0 Å². The first-order chi connectivity index (χ1) is 7.27. The number of hydrogen-bond donors (Lipinski definition) is 1. The Balaban J connectivity index is 1.91. The van der Waals surface area contributed by atoms with Crippen molar-refractivity contribution in [1.82, 2.24) is 14.9 Å². The van der Waals surface area contributed by atoms with E-state index in [1.165, 1.54) is 32.1 Å². The largest absolute Gasteiger partial charge is 0.337 e. The molecule has 1 aromatic rings. The van der Waals surface area contributed by atoms with Gasteiger partial charge < -0.3 is 9.88 Å². The van der Waals surface area contributed by atoms with Crippen LogP contribution in [0.3, 0.4) is 0 Å². The van der Waals surface area contributed by atoms with Crippen molar-refractivity contribution in [2.24, 2.45) is 7.05 Å². The molecule has 0 radical (unpaired) electrons. The minimum Gasteiger partial charge on any atom is -0.337 e. The second-order valence-electron chi connectivity index (χ2n) is 4.62. The molecule has 0 spiro atoms. The molecule has 1 atom stereocenters. The van der Waals surface area contributed by atoms with Crippen molar-refractivity contribution in [1.29, 1.82) is 0 Å².